The molecule has 16 heavy (non-hydrogen) atoms. The van der Waals surface area contributed by atoms with Gasteiger partial charge < -0.3 is 10.0 Å². The van der Waals surface area contributed by atoms with Crippen LogP contribution in [-0.4, -0.2) is 23.6 Å². The van der Waals surface area contributed by atoms with Crippen molar-refractivity contribution in [1.29, 1.82) is 0 Å². The molecular formula is C14H23NO. The Morgan fingerprint density at radius 1 is 1.25 bits per heavy atom. The van der Waals surface area contributed by atoms with Crippen LogP contribution in [0.5, 0.6) is 5.75 Å². The summed E-state index contributed by atoms with van der Waals surface area (Å²) in [5, 5.41) is 9.76. The van der Waals surface area contributed by atoms with Crippen LogP contribution in [0, 0.1) is 12.3 Å². The highest BCUT2D eigenvalue weighted by Gasteiger charge is 2.14. The van der Waals surface area contributed by atoms with Gasteiger partial charge in [-0.1, -0.05) is 38.5 Å². The Hall–Kier alpha value is -1.02. The predicted octanol–water partition coefficient (Wildman–Crippen LogP) is 3.18. The van der Waals surface area contributed by atoms with Crippen LogP contribution < -0.4 is 0 Å². The third-order valence-corrected chi connectivity index (χ3v) is 2.42. The number of nitrogens with zero attached hydrogens (tertiary/aromatic N) is 1. The van der Waals surface area contributed by atoms with E-state index in [-0.39, 0.29) is 5.41 Å². The van der Waals surface area contributed by atoms with Crippen molar-refractivity contribution in [3.63, 3.8) is 0 Å². The summed E-state index contributed by atoms with van der Waals surface area (Å²) >= 11 is 0. The van der Waals surface area contributed by atoms with Crippen LogP contribution in [0.15, 0.2) is 18.2 Å². The van der Waals surface area contributed by atoms with Crippen molar-refractivity contribution in [1.82, 2.24) is 4.90 Å². The van der Waals surface area contributed by atoms with E-state index < -0.39 is 0 Å². The van der Waals surface area contributed by atoms with E-state index in [9.17, 15) is 5.11 Å². The standard InChI is InChI=1S/C14H23NO/c1-11-6-7-13(16)12(8-11)9-15(5)10-14(2,3)4/h6-8,16H,9-10H2,1-5H3. The van der Waals surface area contributed by atoms with Crippen LogP contribution in [-0.2, 0) is 6.54 Å². The van der Waals surface area contributed by atoms with Crippen LogP contribution in [0.4, 0.5) is 0 Å². The fourth-order valence-electron chi connectivity index (χ4n) is 2.00. The predicted molar refractivity (Wildman–Crippen MR) is 68.6 cm³/mol. The molecule has 0 aromatic heterocycles. The first-order chi connectivity index (χ1) is 7.28. The van der Waals surface area contributed by atoms with Gasteiger partial charge in [0.05, 0.1) is 0 Å². The minimum absolute atomic E-state index is 0.286. The molecule has 2 nitrogen and oxygen atoms in total. The molecule has 0 aliphatic heterocycles. The molecule has 0 aliphatic carbocycles. The Kier molecular flexibility index (Phi) is 3.98. The van der Waals surface area contributed by atoms with Gasteiger partial charge in [0.25, 0.3) is 0 Å². The van der Waals surface area contributed by atoms with Crippen molar-refractivity contribution in [3.05, 3.63) is 29.3 Å². The Morgan fingerprint density at radius 2 is 1.88 bits per heavy atom. The minimum Gasteiger partial charge on any atom is -0.508 e. The van der Waals surface area contributed by atoms with Gasteiger partial charge in [-0.05, 0) is 25.5 Å². The van der Waals surface area contributed by atoms with E-state index in [4.69, 9.17) is 0 Å². The van der Waals surface area contributed by atoms with E-state index in [1.165, 1.54) is 5.56 Å². The van der Waals surface area contributed by atoms with Gasteiger partial charge in [0, 0.05) is 18.7 Å². The van der Waals surface area contributed by atoms with Gasteiger partial charge in [0.2, 0.25) is 0 Å². The lowest BCUT2D eigenvalue weighted by Crippen LogP contribution is -2.28. The second-order valence-electron chi connectivity index (χ2n) is 5.87. The monoisotopic (exact) mass is 221 g/mol. The third-order valence-electron chi connectivity index (χ3n) is 2.42. The quantitative estimate of drug-likeness (QED) is 0.847. The summed E-state index contributed by atoms with van der Waals surface area (Å²) in [7, 11) is 2.09. The van der Waals surface area contributed by atoms with Crippen molar-refractivity contribution in [2.24, 2.45) is 5.41 Å². The molecule has 2 heteroatoms. The topological polar surface area (TPSA) is 23.5 Å². The zero-order valence-corrected chi connectivity index (χ0v) is 11.0. The molecule has 90 valence electrons. The van der Waals surface area contributed by atoms with Crippen molar-refractivity contribution in [2.45, 2.75) is 34.2 Å². The molecule has 0 amide bonds. The largest absolute Gasteiger partial charge is 0.508 e. The number of hydrogen-bond donors (Lipinski definition) is 1. The molecule has 1 rings (SSSR count). The Labute approximate surface area is 98.9 Å². The van der Waals surface area contributed by atoms with E-state index in [0.29, 0.717) is 5.75 Å². The average molecular weight is 221 g/mol. The maximum absolute atomic E-state index is 9.76. The Balaban J connectivity index is 2.69. The zero-order chi connectivity index (χ0) is 12.3. The molecule has 1 N–H and O–H groups in total. The molecule has 0 saturated heterocycles. The fraction of sp³-hybridized carbons (Fsp3) is 0.571. The third kappa shape index (κ3) is 4.23. The van der Waals surface area contributed by atoms with Gasteiger partial charge in [-0.3, -0.25) is 0 Å². The van der Waals surface area contributed by atoms with Crippen LogP contribution in [0.1, 0.15) is 31.9 Å². The first-order valence-electron chi connectivity index (χ1n) is 5.75. The van der Waals surface area contributed by atoms with Gasteiger partial charge in [-0.25, -0.2) is 0 Å². The molecule has 0 fully saturated rings. The number of rotatable bonds is 3. The van der Waals surface area contributed by atoms with E-state index in [1.807, 2.05) is 13.0 Å². The highest BCUT2D eigenvalue weighted by molar-refractivity contribution is 5.35. The molecule has 0 saturated carbocycles. The van der Waals surface area contributed by atoms with E-state index >= 15 is 0 Å². The van der Waals surface area contributed by atoms with Crippen LogP contribution in [0.25, 0.3) is 0 Å². The molecule has 0 unspecified atom stereocenters. The number of phenols is 1. The molecule has 0 aliphatic rings. The van der Waals surface area contributed by atoms with Crippen LogP contribution in [0.2, 0.25) is 0 Å². The van der Waals surface area contributed by atoms with Crippen molar-refractivity contribution >= 4 is 0 Å². The zero-order valence-electron chi connectivity index (χ0n) is 11.0. The summed E-state index contributed by atoms with van der Waals surface area (Å²) < 4.78 is 0. The van der Waals surface area contributed by atoms with E-state index in [0.717, 1.165) is 18.7 Å². The maximum atomic E-state index is 9.76. The number of aryl methyl sites for hydroxylation is 1. The normalized spacial score (nSPS) is 12.1. The Morgan fingerprint density at radius 3 is 2.44 bits per heavy atom. The van der Waals surface area contributed by atoms with Gasteiger partial charge in [-0.15, -0.1) is 0 Å². The van der Waals surface area contributed by atoms with Crippen LogP contribution in [0.3, 0.4) is 0 Å². The molecule has 0 atom stereocenters. The number of phenolic OH excluding ortho intramolecular Hbond substituents is 1. The maximum Gasteiger partial charge on any atom is 0.120 e. The average Bonchev–Trinajstić information content (AvgIpc) is 2.08. The molecule has 0 radical (unpaired) electrons. The number of aromatic hydroxyl groups is 1. The van der Waals surface area contributed by atoms with Crippen molar-refractivity contribution < 1.29 is 5.11 Å². The number of benzene rings is 1. The lowest BCUT2D eigenvalue weighted by Gasteiger charge is -2.26. The molecule has 1 aromatic carbocycles. The summed E-state index contributed by atoms with van der Waals surface area (Å²) in [6.07, 6.45) is 0. The first-order valence-corrected chi connectivity index (χ1v) is 5.75. The first kappa shape index (κ1) is 13.0. The summed E-state index contributed by atoms with van der Waals surface area (Å²) in [5.41, 5.74) is 2.48. The fourth-order valence-corrected chi connectivity index (χ4v) is 2.00. The second-order valence-corrected chi connectivity index (χ2v) is 5.87. The van der Waals surface area contributed by atoms with Crippen molar-refractivity contribution in [2.75, 3.05) is 13.6 Å². The SMILES string of the molecule is Cc1ccc(O)c(CN(C)CC(C)(C)C)c1. The van der Waals surface area contributed by atoms with Gasteiger partial charge in [-0.2, -0.15) is 0 Å². The second kappa shape index (κ2) is 4.88. The molecule has 0 spiro atoms. The minimum atomic E-state index is 0.286. The molecule has 1 aromatic rings. The summed E-state index contributed by atoms with van der Waals surface area (Å²) in [6, 6.07) is 5.76. The van der Waals surface area contributed by atoms with E-state index in [2.05, 4.69) is 38.8 Å². The highest BCUT2D eigenvalue weighted by atomic mass is 16.3. The van der Waals surface area contributed by atoms with Gasteiger partial charge in [0.1, 0.15) is 5.75 Å². The molecule has 0 heterocycles. The van der Waals surface area contributed by atoms with Crippen LogP contribution >= 0.6 is 0 Å². The Bertz CT molecular complexity index is 352. The summed E-state index contributed by atoms with van der Waals surface area (Å²) in [4.78, 5) is 2.24. The van der Waals surface area contributed by atoms with E-state index in [1.54, 1.807) is 6.07 Å². The molecular weight excluding hydrogens is 198 g/mol. The summed E-state index contributed by atoms with van der Waals surface area (Å²) in [6.45, 7) is 10.5. The molecule has 0 bridgehead atoms. The summed E-state index contributed by atoms with van der Waals surface area (Å²) in [5.74, 6) is 0.395. The lowest BCUT2D eigenvalue weighted by atomic mass is 9.96. The lowest BCUT2D eigenvalue weighted by molar-refractivity contribution is 0.219. The van der Waals surface area contributed by atoms with Gasteiger partial charge >= 0.3 is 0 Å². The van der Waals surface area contributed by atoms with Gasteiger partial charge in [0.15, 0.2) is 0 Å². The number of hydrogen-bond acceptors (Lipinski definition) is 2. The van der Waals surface area contributed by atoms with Crippen molar-refractivity contribution in [3.8, 4) is 5.75 Å². The smallest absolute Gasteiger partial charge is 0.120 e. The highest BCUT2D eigenvalue weighted by Crippen LogP contribution is 2.21.